The van der Waals surface area contributed by atoms with Gasteiger partial charge in [-0.1, -0.05) is 12.1 Å². The number of fused-ring (bicyclic) bond motifs is 1. The summed E-state index contributed by atoms with van der Waals surface area (Å²) in [6.07, 6.45) is 4.41. The smallest absolute Gasteiger partial charge is 0.265 e. The van der Waals surface area contributed by atoms with Gasteiger partial charge in [-0.3, -0.25) is 4.94 Å². The van der Waals surface area contributed by atoms with Gasteiger partial charge in [-0.25, -0.2) is 14.8 Å². The minimum Gasteiger partial charge on any atom is -0.265 e. The molecule has 4 rings (SSSR count). The van der Waals surface area contributed by atoms with E-state index < -0.39 is 0 Å². The van der Waals surface area contributed by atoms with Crippen LogP contribution in [0, 0.1) is 0 Å². The van der Waals surface area contributed by atoms with Gasteiger partial charge < -0.3 is 0 Å². The van der Waals surface area contributed by atoms with E-state index in [1.807, 2.05) is 24.3 Å². The van der Waals surface area contributed by atoms with Crippen molar-refractivity contribution in [2.45, 2.75) is 25.7 Å². The van der Waals surface area contributed by atoms with Gasteiger partial charge in [0, 0.05) is 26.2 Å². The summed E-state index contributed by atoms with van der Waals surface area (Å²) in [6, 6.07) is 7.11. The topological polar surface area (TPSA) is 78.8 Å². The molecular weight excluding hydrogens is 310 g/mol. The molecule has 1 aromatic carbocycles. The molecule has 2 aromatic rings. The van der Waals surface area contributed by atoms with Crippen LogP contribution in [0.15, 0.2) is 24.3 Å². The Morgan fingerprint density at radius 2 is 1.67 bits per heavy atom. The van der Waals surface area contributed by atoms with E-state index in [4.69, 9.17) is 4.94 Å². The first-order chi connectivity index (χ1) is 11.8. The number of hydrazine groups is 2. The summed E-state index contributed by atoms with van der Waals surface area (Å²) in [5.74, 6) is 0. The number of nitrogens with one attached hydrogen (secondary N) is 1. The van der Waals surface area contributed by atoms with E-state index in [9.17, 15) is 4.79 Å². The fourth-order valence-electron chi connectivity index (χ4n) is 3.25. The number of hydroxylamine groups is 1. The van der Waals surface area contributed by atoms with E-state index >= 15 is 0 Å². The Balaban J connectivity index is 1.46. The molecule has 0 spiro atoms. The number of aromatic nitrogens is 3. The Hall–Kier alpha value is -2.39. The lowest BCUT2D eigenvalue weighted by atomic mass is 10.3. The van der Waals surface area contributed by atoms with E-state index in [0.29, 0.717) is 11.0 Å². The third-order valence-electron chi connectivity index (χ3n) is 4.42. The molecule has 0 radical (unpaired) electrons. The molecule has 3 heterocycles. The maximum absolute atomic E-state index is 12.7. The van der Waals surface area contributed by atoms with Crippen molar-refractivity contribution in [3.63, 3.8) is 0 Å². The lowest BCUT2D eigenvalue weighted by Gasteiger charge is -2.37. The highest BCUT2D eigenvalue weighted by atomic mass is 16.8. The molecule has 2 saturated heterocycles. The van der Waals surface area contributed by atoms with Crippen molar-refractivity contribution >= 4 is 17.1 Å². The van der Waals surface area contributed by atoms with Gasteiger partial charge in [-0.2, -0.15) is 5.12 Å². The van der Waals surface area contributed by atoms with Crippen molar-refractivity contribution in [1.29, 1.82) is 0 Å². The van der Waals surface area contributed by atoms with E-state index in [1.54, 1.807) is 5.12 Å². The zero-order valence-electron chi connectivity index (χ0n) is 13.5. The number of para-hydroxylation sites is 1. The van der Waals surface area contributed by atoms with E-state index in [0.717, 1.165) is 51.9 Å². The van der Waals surface area contributed by atoms with Crippen LogP contribution in [0.3, 0.4) is 0 Å². The molecule has 128 valence electrons. The zero-order valence-corrected chi connectivity index (χ0v) is 13.5. The quantitative estimate of drug-likeness (QED) is 0.835. The maximum atomic E-state index is 12.7. The third-order valence-corrected chi connectivity index (χ3v) is 4.42. The molecule has 9 nitrogen and oxygen atoms in total. The minimum absolute atomic E-state index is 0.307. The van der Waals surface area contributed by atoms with Crippen molar-refractivity contribution in [1.82, 2.24) is 35.8 Å². The first-order valence-corrected chi connectivity index (χ1v) is 8.40. The Morgan fingerprint density at radius 3 is 2.33 bits per heavy atom. The van der Waals surface area contributed by atoms with E-state index in [2.05, 4.69) is 25.8 Å². The van der Waals surface area contributed by atoms with Crippen LogP contribution in [0.25, 0.3) is 11.0 Å². The van der Waals surface area contributed by atoms with Crippen LogP contribution >= 0.6 is 0 Å². The summed E-state index contributed by atoms with van der Waals surface area (Å²) >= 11 is 0. The zero-order chi connectivity index (χ0) is 16.4. The first-order valence-electron chi connectivity index (χ1n) is 8.40. The van der Waals surface area contributed by atoms with Gasteiger partial charge in [-0.15, -0.1) is 10.6 Å². The molecule has 0 bridgehead atoms. The predicted molar refractivity (Wildman–Crippen MR) is 86.1 cm³/mol. The number of benzene rings is 1. The molecule has 2 fully saturated rings. The van der Waals surface area contributed by atoms with Crippen molar-refractivity contribution < 1.29 is 9.73 Å². The summed E-state index contributed by atoms with van der Waals surface area (Å²) in [5.41, 5.74) is 3.91. The second-order valence-electron chi connectivity index (χ2n) is 6.06. The van der Waals surface area contributed by atoms with Gasteiger partial charge in [0.05, 0.1) is 0 Å². The molecule has 0 atom stereocenters. The average Bonchev–Trinajstić information content (AvgIpc) is 3.36. The Kier molecular flexibility index (Phi) is 4.18. The van der Waals surface area contributed by atoms with Crippen LogP contribution in [0.2, 0.25) is 0 Å². The number of carbonyl (C=O) groups is 1. The lowest BCUT2D eigenvalue weighted by molar-refractivity contribution is -0.132. The van der Waals surface area contributed by atoms with Crippen LogP contribution in [-0.4, -0.2) is 62.5 Å². The standard InChI is InChI=1S/C15H21N7O2/c23-15(17-24-21-14-8-2-1-7-13(14)16-18-21)22(19-9-3-4-10-19)20-11-5-6-12-20/h1-2,7-8H,3-6,9-12H2,(H,17,23). The predicted octanol–water partition coefficient (Wildman–Crippen LogP) is 0.808. The Bertz CT molecular complexity index is 691. The first kappa shape index (κ1) is 15.2. The Morgan fingerprint density at radius 1 is 1.04 bits per heavy atom. The molecule has 9 heteroatoms. The van der Waals surface area contributed by atoms with Gasteiger partial charge in [0.1, 0.15) is 11.0 Å². The second-order valence-corrected chi connectivity index (χ2v) is 6.06. The normalized spacial score (nSPS) is 19.0. The van der Waals surface area contributed by atoms with Gasteiger partial charge in [-0.05, 0) is 47.9 Å². The number of hydrogen-bond donors (Lipinski definition) is 1. The second kappa shape index (κ2) is 6.62. The van der Waals surface area contributed by atoms with Crippen molar-refractivity contribution in [2.75, 3.05) is 26.2 Å². The highest BCUT2D eigenvalue weighted by molar-refractivity contribution is 5.74. The number of carbonyl (C=O) groups excluding carboxylic acids is 1. The highest BCUT2D eigenvalue weighted by Crippen LogP contribution is 2.18. The van der Waals surface area contributed by atoms with Crippen LogP contribution in [0.5, 0.6) is 0 Å². The summed E-state index contributed by atoms with van der Waals surface area (Å²) in [4.78, 5) is 19.3. The molecular formula is C15H21N7O2. The van der Waals surface area contributed by atoms with Gasteiger partial charge in [0.25, 0.3) is 0 Å². The number of rotatable bonds is 4. The van der Waals surface area contributed by atoms with Crippen LogP contribution < -0.4 is 10.4 Å². The highest BCUT2D eigenvalue weighted by Gasteiger charge is 2.32. The molecule has 24 heavy (non-hydrogen) atoms. The van der Waals surface area contributed by atoms with Crippen LogP contribution in [0.4, 0.5) is 4.79 Å². The fraction of sp³-hybridized carbons (Fsp3) is 0.533. The van der Waals surface area contributed by atoms with Gasteiger partial charge >= 0.3 is 6.03 Å². The summed E-state index contributed by atoms with van der Waals surface area (Å²) in [6.45, 7) is 3.54. The summed E-state index contributed by atoms with van der Waals surface area (Å²) in [7, 11) is 0. The number of urea groups is 1. The van der Waals surface area contributed by atoms with E-state index in [-0.39, 0.29) is 6.03 Å². The third kappa shape index (κ3) is 2.87. The van der Waals surface area contributed by atoms with Crippen molar-refractivity contribution in [3.8, 4) is 0 Å². The average molecular weight is 331 g/mol. The van der Waals surface area contributed by atoms with Gasteiger partial charge in [0.15, 0.2) is 0 Å². The molecule has 1 aromatic heterocycles. The lowest BCUT2D eigenvalue weighted by Crippen LogP contribution is -2.58. The van der Waals surface area contributed by atoms with Crippen molar-refractivity contribution in [2.24, 2.45) is 0 Å². The Labute approximate surface area is 139 Å². The van der Waals surface area contributed by atoms with Crippen LogP contribution in [-0.2, 0) is 0 Å². The summed E-state index contributed by atoms with van der Waals surface area (Å²) in [5, 5.41) is 13.7. The number of nitrogens with zero attached hydrogens (tertiary/aromatic N) is 6. The molecule has 2 amide bonds. The minimum atomic E-state index is -0.307. The number of amides is 2. The molecule has 0 saturated carbocycles. The largest absolute Gasteiger partial charge is 0.382 e. The molecule has 2 aliphatic heterocycles. The van der Waals surface area contributed by atoms with E-state index in [1.165, 1.54) is 4.85 Å². The monoisotopic (exact) mass is 331 g/mol. The van der Waals surface area contributed by atoms with Crippen molar-refractivity contribution in [3.05, 3.63) is 24.3 Å². The fourth-order valence-corrected chi connectivity index (χ4v) is 3.25. The molecule has 2 aliphatic rings. The SMILES string of the molecule is O=C(NOn1nnc2ccccc21)N(N1CCCC1)N1CCCC1. The maximum Gasteiger partial charge on any atom is 0.382 e. The van der Waals surface area contributed by atoms with Crippen LogP contribution in [0.1, 0.15) is 25.7 Å². The molecule has 0 unspecified atom stereocenters. The summed E-state index contributed by atoms with van der Waals surface area (Å²) < 4.78 is 0. The molecule has 0 aliphatic carbocycles. The number of hydrogen-bond acceptors (Lipinski definition) is 6. The molecule has 1 N–H and O–H groups in total. The van der Waals surface area contributed by atoms with Gasteiger partial charge in [0.2, 0.25) is 0 Å².